The second-order valence-corrected chi connectivity index (χ2v) is 10.8. The molecule has 1 aliphatic carbocycles. The Kier molecular flexibility index (Phi) is 5.21. The summed E-state index contributed by atoms with van der Waals surface area (Å²) in [5.41, 5.74) is -0.318. The minimum atomic E-state index is -2.61. The fraction of sp³-hybridized carbons (Fsp3) is 0.667. The SMILES string of the molecule is Cc1ccc(C)n1[C@@H]1C=C[C@](CC(F)F)(C(=O)N2C[C@@]3(C(C)(C)C)C[C@H]2CN3C(=O)O)C1. The lowest BCUT2D eigenvalue weighted by molar-refractivity contribution is -0.146. The van der Waals surface area contributed by atoms with Gasteiger partial charge in [-0.2, -0.15) is 0 Å². The van der Waals surface area contributed by atoms with Crippen LogP contribution in [0.25, 0.3) is 0 Å². The number of piperazine rings is 1. The quantitative estimate of drug-likeness (QED) is 0.682. The first kappa shape index (κ1) is 22.8. The summed E-state index contributed by atoms with van der Waals surface area (Å²) < 4.78 is 29.6. The van der Waals surface area contributed by atoms with Gasteiger partial charge in [-0.3, -0.25) is 9.69 Å². The molecule has 0 saturated carbocycles. The van der Waals surface area contributed by atoms with Gasteiger partial charge in [-0.1, -0.05) is 32.9 Å². The third kappa shape index (κ3) is 3.25. The van der Waals surface area contributed by atoms with Crippen molar-refractivity contribution in [1.29, 1.82) is 0 Å². The summed E-state index contributed by atoms with van der Waals surface area (Å²) >= 11 is 0. The molecule has 2 fully saturated rings. The van der Waals surface area contributed by atoms with Crippen molar-refractivity contribution >= 4 is 12.0 Å². The average Bonchev–Trinajstić information content (AvgIpc) is 3.43. The van der Waals surface area contributed by atoms with Crippen molar-refractivity contribution in [2.45, 2.75) is 77.9 Å². The number of fused-ring (bicyclic) bond motifs is 2. The Labute approximate surface area is 187 Å². The van der Waals surface area contributed by atoms with Gasteiger partial charge in [0.2, 0.25) is 12.3 Å². The molecule has 4 atom stereocenters. The van der Waals surface area contributed by atoms with Gasteiger partial charge in [-0.15, -0.1) is 0 Å². The molecule has 2 aliphatic heterocycles. The summed E-state index contributed by atoms with van der Waals surface area (Å²) in [6.07, 6.45) is 0.292. The molecule has 0 aromatic carbocycles. The number of carbonyl (C=O) groups is 2. The van der Waals surface area contributed by atoms with Crippen LogP contribution in [-0.2, 0) is 4.79 Å². The van der Waals surface area contributed by atoms with Crippen LogP contribution in [-0.4, -0.2) is 62.6 Å². The van der Waals surface area contributed by atoms with Crippen LogP contribution in [0.2, 0.25) is 0 Å². The number of hydrogen-bond donors (Lipinski definition) is 1. The molecule has 3 heterocycles. The Balaban J connectivity index is 1.65. The van der Waals surface area contributed by atoms with Gasteiger partial charge >= 0.3 is 6.09 Å². The number of likely N-dealkylation sites (tertiary alicyclic amines) is 2. The van der Waals surface area contributed by atoms with Crippen molar-refractivity contribution in [2.24, 2.45) is 10.8 Å². The normalized spacial score (nSPS) is 31.9. The molecule has 1 N–H and O–H groups in total. The molecule has 0 spiro atoms. The first-order valence-corrected chi connectivity index (χ1v) is 11.2. The molecule has 3 aliphatic rings. The number of carbonyl (C=O) groups excluding carboxylic acids is 1. The van der Waals surface area contributed by atoms with Gasteiger partial charge < -0.3 is 14.6 Å². The number of nitrogens with zero attached hydrogens (tertiary/aromatic N) is 3. The topological polar surface area (TPSA) is 65.8 Å². The number of aryl methyl sites for hydroxylation is 2. The third-order valence-corrected chi connectivity index (χ3v) is 8.06. The smallest absolute Gasteiger partial charge is 0.407 e. The molecule has 2 bridgehead atoms. The molecule has 1 aromatic rings. The average molecular weight is 450 g/mol. The monoisotopic (exact) mass is 449 g/mol. The van der Waals surface area contributed by atoms with E-state index in [0.717, 1.165) is 11.4 Å². The van der Waals surface area contributed by atoms with Gasteiger partial charge in [0.15, 0.2) is 0 Å². The number of carboxylic acid groups (broad SMARTS) is 1. The highest BCUT2D eigenvalue weighted by molar-refractivity contribution is 5.87. The summed E-state index contributed by atoms with van der Waals surface area (Å²) in [4.78, 5) is 29.0. The number of halogens is 2. The number of hydrogen-bond acceptors (Lipinski definition) is 2. The van der Waals surface area contributed by atoms with Gasteiger partial charge in [0.1, 0.15) is 0 Å². The van der Waals surface area contributed by atoms with Crippen LogP contribution >= 0.6 is 0 Å². The van der Waals surface area contributed by atoms with Crippen LogP contribution in [0.15, 0.2) is 24.3 Å². The van der Waals surface area contributed by atoms with Gasteiger partial charge in [-0.05, 0) is 44.2 Å². The Morgan fingerprint density at radius 2 is 1.81 bits per heavy atom. The molecule has 4 rings (SSSR count). The van der Waals surface area contributed by atoms with Crippen LogP contribution in [0.5, 0.6) is 0 Å². The zero-order valence-corrected chi connectivity index (χ0v) is 19.4. The fourth-order valence-corrected chi connectivity index (χ4v) is 6.31. The van der Waals surface area contributed by atoms with Crippen LogP contribution < -0.4 is 0 Å². The molecular weight excluding hydrogens is 416 g/mol. The largest absolute Gasteiger partial charge is 0.465 e. The van der Waals surface area contributed by atoms with Crippen LogP contribution in [0.4, 0.5) is 13.6 Å². The highest BCUT2D eigenvalue weighted by Gasteiger charge is 2.64. The van der Waals surface area contributed by atoms with Crippen molar-refractivity contribution in [3.8, 4) is 0 Å². The van der Waals surface area contributed by atoms with Gasteiger partial charge in [-0.25, -0.2) is 13.6 Å². The lowest BCUT2D eigenvalue weighted by atomic mass is 9.72. The van der Waals surface area contributed by atoms with Crippen molar-refractivity contribution in [3.05, 3.63) is 35.7 Å². The van der Waals surface area contributed by atoms with E-state index in [1.54, 1.807) is 11.0 Å². The van der Waals surface area contributed by atoms with E-state index in [1.165, 1.54) is 4.90 Å². The number of amides is 2. The summed E-state index contributed by atoms with van der Waals surface area (Å²) in [6, 6.07) is 3.55. The lowest BCUT2D eigenvalue weighted by Crippen LogP contribution is -2.63. The molecule has 0 unspecified atom stereocenters. The molecule has 176 valence electrons. The molecule has 2 amide bonds. The standard InChI is InChI=1S/C24H33F2N3O3/c1-15-6-7-16(2)29(15)17-8-9-23(10-17,12-19(25)26)20(30)27-14-24(22(3,4)5)11-18(27)13-28(24)21(31)32/h6-9,17-19H,10-14H2,1-5H3,(H,31,32)/t17-,18+,23+,24-/m1/s1. The van der Waals surface area contributed by atoms with E-state index in [1.807, 2.05) is 52.8 Å². The maximum absolute atomic E-state index is 13.9. The van der Waals surface area contributed by atoms with Crippen molar-refractivity contribution in [2.75, 3.05) is 13.1 Å². The second kappa shape index (κ2) is 7.32. The number of aromatic nitrogens is 1. The predicted molar refractivity (Wildman–Crippen MR) is 117 cm³/mol. The number of alkyl halides is 2. The molecule has 2 saturated heterocycles. The first-order valence-electron chi connectivity index (χ1n) is 11.2. The third-order valence-electron chi connectivity index (χ3n) is 8.06. The molecule has 8 heteroatoms. The highest BCUT2D eigenvalue weighted by atomic mass is 19.3. The molecule has 1 aromatic heterocycles. The summed E-state index contributed by atoms with van der Waals surface area (Å²) in [5, 5.41) is 9.77. The summed E-state index contributed by atoms with van der Waals surface area (Å²) in [5.74, 6) is -0.292. The zero-order chi connectivity index (χ0) is 23.6. The first-order chi connectivity index (χ1) is 14.8. The number of rotatable bonds is 4. The molecular formula is C24H33F2N3O3. The van der Waals surface area contributed by atoms with E-state index in [-0.39, 0.29) is 31.1 Å². The lowest BCUT2D eigenvalue weighted by Gasteiger charge is -2.49. The van der Waals surface area contributed by atoms with Gasteiger partial charge in [0.05, 0.1) is 23.0 Å². The van der Waals surface area contributed by atoms with E-state index in [4.69, 9.17) is 0 Å². The fourth-order valence-electron chi connectivity index (χ4n) is 6.31. The summed E-state index contributed by atoms with van der Waals surface area (Å²) in [6.45, 7) is 10.4. The van der Waals surface area contributed by atoms with Crippen molar-refractivity contribution < 1.29 is 23.5 Å². The van der Waals surface area contributed by atoms with E-state index in [2.05, 4.69) is 4.57 Å². The maximum Gasteiger partial charge on any atom is 0.407 e. The zero-order valence-electron chi connectivity index (χ0n) is 19.4. The minimum Gasteiger partial charge on any atom is -0.465 e. The highest BCUT2D eigenvalue weighted by Crippen LogP contribution is 2.53. The Morgan fingerprint density at radius 3 is 2.34 bits per heavy atom. The molecule has 6 nitrogen and oxygen atoms in total. The molecule has 0 radical (unpaired) electrons. The van der Waals surface area contributed by atoms with E-state index in [9.17, 15) is 23.5 Å². The maximum atomic E-state index is 13.9. The van der Waals surface area contributed by atoms with E-state index < -0.39 is 35.3 Å². The van der Waals surface area contributed by atoms with Crippen molar-refractivity contribution in [3.63, 3.8) is 0 Å². The van der Waals surface area contributed by atoms with Crippen molar-refractivity contribution in [1.82, 2.24) is 14.4 Å². The van der Waals surface area contributed by atoms with Gasteiger partial charge in [0, 0.05) is 30.9 Å². The van der Waals surface area contributed by atoms with Crippen LogP contribution in [0.3, 0.4) is 0 Å². The predicted octanol–water partition coefficient (Wildman–Crippen LogP) is 4.63. The number of allylic oxidation sites excluding steroid dienone is 1. The Morgan fingerprint density at radius 1 is 1.19 bits per heavy atom. The van der Waals surface area contributed by atoms with Gasteiger partial charge in [0.25, 0.3) is 0 Å². The Bertz CT molecular complexity index is 947. The second-order valence-electron chi connectivity index (χ2n) is 10.8. The van der Waals surface area contributed by atoms with Crippen LogP contribution in [0.1, 0.15) is 57.5 Å². The van der Waals surface area contributed by atoms with E-state index in [0.29, 0.717) is 12.8 Å². The Hall–Kier alpha value is -2.38. The minimum absolute atomic E-state index is 0.153. The van der Waals surface area contributed by atoms with E-state index >= 15 is 0 Å². The molecule has 32 heavy (non-hydrogen) atoms. The summed E-state index contributed by atoms with van der Waals surface area (Å²) in [7, 11) is 0. The van der Waals surface area contributed by atoms with Crippen LogP contribution in [0, 0.1) is 24.7 Å².